The average Bonchev–Trinajstić information content (AvgIpc) is 3.08. The average molecular weight is 303 g/mol. The summed E-state index contributed by atoms with van der Waals surface area (Å²) in [5.74, 6) is 0.103. The number of amides is 1. The molecule has 3 heterocycles. The Bertz CT molecular complexity index is 574. The van der Waals surface area contributed by atoms with Gasteiger partial charge in [0.2, 0.25) is 0 Å². The molecule has 1 saturated heterocycles. The Balaban J connectivity index is 1.55. The van der Waals surface area contributed by atoms with E-state index in [1.54, 1.807) is 23.9 Å². The van der Waals surface area contributed by atoms with Gasteiger partial charge in [0.15, 0.2) is 0 Å². The van der Waals surface area contributed by atoms with Crippen LogP contribution in [0.2, 0.25) is 0 Å². The molecule has 0 aromatic carbocycles. The lowest BCUT2D eigenvalue weighted by Gasteiger charge is -2.32. The fourth-order valence-electron chi connectivity index (χ4n) is 2.42. The molecule has 0 aliphatic carbocycles. The molecular weight excluding hydrogens is 286 g/mol. The highest BCUT2D eigenvalue weighted by Crippen LogP contribution is 2.15. The third kappa shape index (κ3) is 3.65. The lowest BCUT2D eigenvalue weighted by atomic mass is 10.1. The van der Waals surface area contributed by atoms with Gasteiger partial charge < -0.3 is 9.64 Å². The minimum absolute atomic E-state index is 0.0799. The maximum Gasteiger partial charge on any atom is 0.254 e. The molecule has 1 unspecified atom stereocenters. The number of thiophene rings is 1. The summed E-state index contributed by atoms with van der Waals surface area (Å²) in [6, 6.07) is 3.79. The van der Waals surface area contributed by atoms with Gasteiger partial charge in [-0.3, -0.25) is 4.79 Å². The monoisotopic (exact) mass is 303 g/mol. The molecule has 110 valence electrons. The SMILES string of the molecule is O=C(c1ccsc1)N1CCOC(CCc2ccncn2)C1. The van der Waals surface area contributed by atoms with Gasteiger partial charge in [0.25, 0.3) is 5.91 Å². The number of morpholine rings is 1. The van der Waals surface area contributed by atoms with Crippen LogP contribution in [0.4, 0.5) is 0 Å². The van der Waals surface area contributed by atoms with Crippen molar-refractivity contribution in [2.75, 3.05) is 19.7 Å². The van der Waals surface area contributed by atoms with Crippen LogP contribution in [0.15, 0.2) is 35.4 Å². The first kappa shape index (κ1) is 14.2. The van der Waals surface area contributed by atoms with Gasteiger partial charge in [0, 0.05) is 30.4 Å². The van der Waals surface area contributed by atoms with E-state index >= 15 is 0 Å². The molecule has 2 aromatic heterocycles. The summed E-state index contributed by atoms with van der Waals surface area (Å²) in [6.07, 6.45) is 5.09. The van der Waals surface area contributed by atoms with E-state index in [2.05, 4.69) is 9.97 Å². The van der Waals surface area contributed by atoms with Gasteiger partial charge in [-0.15, -0.1) is 0 Å². The van der Waals surface area contributed by atoms with Crippen LogP contribution in [0.3, 0.4) is 0 Å². The predicted molar refractivity (Wildman–Crippen MR) is 80.3 cm³/mol. The quantitative estimate of drug-likeness (QED) is 0.867. The summed E-state index contributed by atoms with van der Waals surface area (Å²) >= 11 is 1.55. The van der Waals surface area contributed by atoms with Crippen LogP contribution in [0.5, 0.6) is 0 Å². The molecule has 0 saturated carbocycles. The highest BCUT2D eigenvalue weighted by Gasteiger charge is 2.25. The first-order chi connectivity index (χ1) is 10.3. The van der Waals surface area contributed by atoms with Crippen LogP contribution in [-0.4, -0.2) is 46.6 Å². The number of carbonyl (C=O) groups is 1. The van der Waals surface area contributed by atoms with Crippen molar-refractivity contribution in [2.24, 2.45) is 0 Å². The van der Waals surface area contributed by atoms with Crippen LogP contribution in [-0.2, 0) is 11.2 Å². The number of nitrogens with zero attached hydrogens (tertiary/aromatic N) is 3. The molecule has 6 heteroatoms. The Morgan fingerprint density at radius 3 is 3.19 bits per heavy atom. The van der Waals surface area contributed by atoms with Crippen molar-refractivity contribution in [3.8, 4) is 0 Å². The molecule has 3 rings (SSSR count). The molecule has 1 amide bonds. The van der Waals surface area contributed by atoms with Crippen molar-refractivity contribution >= 4 is 17.2 Å². The molecule has 1 aliphatic rings. The Morgan fingerprint density at radius 1 is 1.48 bits per heavy atom. The zero-order chi connectivity index (χ0) is 14.5. The van der Waals surface area contributed by atoms with E-state index in [0.29, 0.717) is 19.7 Å². The number of aromatic nitrogens is 2. The van der Waals surface area contributed by atoms with E-state index in [4.69, 9.17) is 4.74 Å². The minimum Gasteiger partial charge on any atom is -0.375 e. The number of rotatable bonds is 4. The second-order valence-corrected chi connectivity index (χ2v) is 5.78. The maximum atomic E-state index is 12.3. The topological polar surface area (TPSA) is 55.3 Å². The summed E-state index contributed by atoms with van der Waals surface area (Å²) in [5, 5.41) is 3.83. The van der Waals surface area contributed by atoms with Crippen LogP contribution in [0.25, 0.3) is 0 Å². The molecule has 0 radical (unpaired) electrons. The number of hydrogen-bond donors (Lipinski definition) is 0. The Kier molecular flexibility index (Phi) is 4.57. The second kappa shape index (κ2) is 6.78. The van der Waals surface area contributed by atoms with Crippen molar-refractivity contribution in [3.05, 3.63) is 46.7 Å². The predicted octanol–water partition coefficient (Wildman–Crippen LogP) is 2.01. The fraction of sp³-hybridized carbons (Fsp3) is 0.400. The van der Waals surface area contributed by atoms with Gasteiger partial charge in [-0.05, 0) is 30.4 Å². The zero-order valence-corrected chi connectivity index (χ0v) is 12.5. The van der Waals surface area contributed by atoms with Crippen LogP contribution in [0.1, 0.15) is 22.5 Å². The molecule has 1 aliphatic heterocycles. The summed E-state index contributed by atoms with van der Waals surface area (Å²) in [7, 11) is 0. The Hall–Kier alpha value is -1.79. The van der Waals surface area contributed by atoms with Crippen LogP contribution >= 0.6 is 11.3 Å². The number of aryl methyl sites for hydroxylation is 1. The smallest absolute Gasteiger partial charge is 0.254 e. The molecular formula is C15H17N3O2S. The summed E-state index contributed by atoms with van der Waals surface area (Å²) in [5.41, 5.74) is 1.78. The number of ether oxygens (including phenoxy) is 1. The van der Waals surface area contributed by atoms with Crippen molar-refractivity contribution < 1.29 is 9.53 Å². The van der Waals surface area contributed by atoms with Gasteiger partial charge in [-0.25, -0.2) is 9.97 Å². The van der Waals surface area contributed by atoms with E-state index in [1.807, 2.05) is 27.8 Å². The van der Waals surface area contributed by atoms with Crippen molar-refractivity contribution in [3.63, 3.8) is 0 Å². The molecule has 0 spiro atoms. The highest BCUT2D eigenvalue weighted by atomic mass is 32.1. The Labute approximate surface area is 127 Å². The van der Waals surface area contributed by atoms with Crippen molar-refractivity contribution in [1.82, 2.24) is 14.9 Å². The van der Waals surface area contributed by atoms with Crippen molar-refractivity contribution in [1.29, 1.82) is 0 Å². The molecule has 1 fully saturated rings. The third-order valence-electron chi connectivity index (χ3n) is 3.56. The molecule has 0 bridgehead atoms. The Morgan fingerprint density at radius 2 is 2.43 bits per heavy atom. The molecule has 0 N–H and O–H groups in total. The van der Waals surface area contributed by atoms with Gasteiger partial charge in [-0.1, -0.05) is 0 Å². The van der Waals surface area contributed by atoms with Gasteiger partial charge in [0.1, 0.15) is 6.33 Å². The first-order valence-corrected chi connectivity index (χ1v) is 7.95. The fourth-order valence-corrected chi connectivity index (χ4v) is 3.05. The van der Waals surface area contributed by atoms with E-state index in [0.717, 1.165) is 24.1 Å². The molecule has 21 heavy (non-hydrogen) atoms. The molecule has 5 nitrogen and oxygen atoms in total. The lowest BCUT2D eigenvalue weighted by molar-refractivity contribution is -0.0246. The minimum atomic E-state index is 0.0799. The third-order valence-corrected chi connectivity index (χ3v) is 4.24. The van der Waals surface area contributed by atoms with E-state index in [9.17, 15) is 4.79 Å². The van der Waals surface area contributed by atoms with E-state index in [-0.39, 0.29) is 12.0 Å². The summed E-state index contributed by atoms with van der Waals surface area (Å²) in [4.78, 5) is 22.3. The first-order valence-electron chi connectivity index (χ1n) is 7.01. The van der Waals surface area contributed by atoms with Crippen LogP contribution in [0, 0.1) is 0 Å². The standard InChI is InChI=1S/C15H17N3O2S/c19-15(12-4-8-21-10-12)18-6-7-20-14(9-18)2-1-13-3-5-16-11-17-13/h3-5,8,10-11,14H,1-2,6-7,9H2. The number of hydrogen-bond acceptors (Lipinski definition) is 5. The highest BCUT2D eigenvalue weighted by molar-refractivity contribution is 7.08. The normalized spacial score (nSPS) is 18.7. The van der Waals surface area contributed by atoms with Crippen molar-refractivity contribution in [2.45, 2.75) is 18.9 Å². The van der Waals surface area contributed by atoms with Gasteiger partial charge >= 0.3 is 0 Å². The lowest BCUT2D eigenvalue weighted by Crippen LogP contribution is -2.45. The van der Waals surface area contributed by atoms with E-state index in [1.165, 1.54) is 0 Å². The molecule has 2 aromatic rings. The largest absolute Gasteiger partial charge is 0.375 e. The summed E-state index contributed by atoms with van der Waals surface area (Å²) < 4.78 is 5.76. The van der Waals surface area contributed by atoms with Gasteiger partial charge in [0.05, 0.1) is 18.3 Å². The number of carbonyl (C=O) groups excluding carboxylic acids is 1. The second-order valence-electron chi connectivity index (χ2n) is 5.00. The van der Waals surface area contributed by atoms with E-state index < -0.39 is 0 Å². The molecule has 1 atom stereocenters. The summed E-state index contributed by atoms with van der Waals surface area (Å²) in [6.45, 7) is 1.92. The zero-order valence-electron chi connectivity index (χ0n) is 11.6. The van der Waals surface area contributed by atoms with Crippen LogP contribution < -0.4 is 0 Å². The maximum absolute atomic E-state index is 12.3. The van der Waals surface area contributed by atoms with Gasteiger partial charge in [-0.2, -0.15) is 11.3 Å².